The van der Waals surface area contributed by atoms with Crippen LogP contribution in [-0.2, 0) is 13.1 Å². The summed E-state index contributed by atoms with van der Waals surface area (Å²) in [5, 5.41) is 3.20. The van der Waals surface area contributed by atoms with Crippen LogP contribution in [0, 0.1) is 11.8 Å². The zero-order valence-corrected chi connectivity index (χ0v) is 14.5. The summed E-state index contributed by atoms with van der Waals surface area (Å²) in [6, 6.07) is 6.75. The average Bonchev–Trinajstić information content (AvgIpc) is 2.43. The first-order valence-corrected chi connectivity index (χ1v) is 8.53. The SMILES string of the molecule is CNCc1ccc(CN2CCC(C(C)C)CC2)c(Br)c1. The highest BCUT2D eigenvalue weighted by atomic mass is 79.9. The van der Waals surface area contributed by atoms with E-state index in [4.69, 9.17) is 0 Å². The quantitative estimate of drug-likeness (QED) is 0.871. The first-order valence-electron chi connectivity index (χ1n) is 7.74. The molecule has 0 amide bonds. The normalized spacial score (nSPS) is 17.9. The minimum Gasteiger partial charge on any atom is -0.316 e. The smallest absolute Gasteiger partial charge is 0.0244 e. The number of halogens is 1. The lowest BCUT2D eigenvalue weighted by Crippen LogP contribution is -2.34. The van der Waals surface area contributed by atoms with Crippen molar-refractivity contribution in [3.8, 4) is 0 Å². The molecule has 112 valence electrons. The molecule has 20 heavy (non-hydrogen) atoms. The van der Waals surface area contributed by atoms with Gasteiger partial charge in [-0.1, -0.05) is 41.9 Å². The first kappa shape index (κ1) is 16.0. The van der Waals surface area contributed by atoms with Crippen LogP contribution in [0.2, 0.25) is 0 Å². The molecule has 0 unspecified atom stereocenters. The highest BCUT2D eigenvalue weighted by Crippen LogP contribution is 2.27. The number of hydrogen-bond acceptors (Lipinski definition) is 2. The van der Waals surface area contributed by atoms with Crippen molar-refractivity contribution < 1.29 is 0 Å². The van der Waals surface area contributed by atoms with Crippen LogP contribution in [0.4, 0.5) is 0 Å². The van der Waals surface area contributed by atoms with E-state index in [9.17, 15) is 0 Å². The van der Waals surface area contributed by atoms with Gasteiger partial charge in [0.05, 0.1) is 0 Å². The van der Waals surface area contributed by atoms with Crippen molar-refractivity contribution in [3.63, 3.8) is 0 Å². The van der Waals surface area contributed by atoms with Gasteiger partial charge in [0, 0.05) is 17.6 Å². The molecule has 1 aliphatic rings. The Hall–Kier alpha value is -0.380. The van der Waals surface area contributed by atoms with Crippen molar-refractivity contribution in [2.24, 2.45) is 11.8 Å². The molecule has 0 saturated carbocycles. The predicted octanol–water partition coefficient (Wildman–Crippen LogP) is 4.04. The van der Waals surface area contributed by atoms with Crippen molar-refractivity contribution in [2.75, 3.05) is 20.1 Å². The van der Waals surface area contributed by atoms with Gasteiger partial charge in [0.25, 0.3) is 0 Å². The third kappa shape index (κ3) is 4.31. The van der Waals surface area contributed by atoms with Gasteiger partial charge in [-0.2, -0.15) is 0 Å². The number of nitrogens with zero attached hydrogens (tertiary/aromatic N) is 1. The molecule has 1 fully saturated rings. The van der Waals surface area contributed by atoms with Gasteiger partial charge in [-0.05, 0) is 62.0 Å². The van der Waals surface area contributed by atoms with Crippen LogP contribution in [0.1, 0.15) is 37.8 Å². The van der Waals surface area contributed by atoms with E-state index in [2.05, 4.69) is 58.2 Å². The summed E-state index contributed by atoms with van der Waals surface area (Å²) in [5.74, 6) is 1.76. The molecule has 0 aromatic heterocycles. The highest BCUT2D eigenvalue weighted by Gasteiger charge is 2.21. The largest absolute Gasteiger partial charge is 0.316 e. The van der Waals surface area contributed by atoms with Crippen LogP contribution >= 0.6 is 15.9 Å². The lowest BCUT2D eigenvalue weighted by atomic mass is 9.86. The van der Waals surface area contributed by atoms with E-state index in [-0.39, 0.29) is 0 Å². The molecule has 3 heteroatoms. The second kappa shape index (κ2) is 7.58. The Labute approximate surface area is 132 Å². The fraction of sp³-hybridized carbons (Fsp3) is 0.647. The Morgan fingerprint density at radius 3 is 2.55 bits per heavy atom. The molecule has 1 saturated heterocycles. The first-order chi connectivity index (χ1) is 9.60. The predicted molar refractivity (Wildman–Crippen MR) is 89.7 cm³/mol. The number of piperidine rings is 1. The summed E-state index contributed by atoms with van der Waals surface area (Å²) in [5.41, 5.74) is 2.74. The van der Waals surface area contributed by atoms with Crippen molar-refractivity contribution in [2.45, 2.75) is 39.8 Å². The average molecular weight is 339 g/mol. The van der Waals surface area contributed by atoms with Gasteiger partial charge in [-0.3, -0.25) is 4.90 Å². The molecule has 1 aromatic carbocycles. The van der Waals surface area contributed by atoms with E-state index >= 15 is 0 Å². The summed E-state index contributed by atoms with van der Waals surface area (Å²) in [7, 11) is 1.99. The van der Waals surface area contributed by atoms with Crippen molar-refractivity contribution >= 4 is 15.9 Å². The molecule has 2 rings (SSSR count). The molecule has 0 bridgehead atoms. The summed E-state index contributed by atoms with van der Waals surface area (Å²) >= 11 is 3.72. The molecule has 1 heterocycles. The van der Waals surface area contributed by atoms with E-state index in [0.717, 1.165) is 24.9 Å². The molecular formula is C17H27BrN2. The molecule has 1 aromatic rings. The molecule has 0 radical (unpaired) electrons. The van der Waals surface area contributed by atoms with Crippen LogP contribution in [0.3, 0.4) is 0 Å². The van der Waals surface area contributed by atoms with Crippen LogP contribution in [0.5, 0.6) is 0 Å². The Morgan fingerprint density at radius 1 is 1.30 bits per heavy atom. The lowest BCUT2D eigenvalue weighted by molar-refractivity contribution is 0.152. The number of rotatable bonds is 5. The number of likely N-dealkylation sites (tertiary alicyclic amines) is 1. The molecule has 1 aliphatic heterocycles. The standard InChI is InChI=1S/C17H27BrN2/c1-13(2)15-6-8-20(9-7-15)12-16-5-4-14(11-19-3)10-17(16)18/h4-5,10,13,15,19H,6-9,11-12H2,1-3H3. The molecule has 2 nitrogen and oxygen atoms in total. The van der Waals surface area contributed by atoms with Crippen LogP contribution in [0.25, 0.3) is 0 Å². The van der Waals surface area contributed by atoms with Gasteiger partial charge in [0.2, 0.25) is 0 Å². The summed E-state index contributed by atoms with van der Waals surface area (Å²) in [4.78, 5) is 2.59. The Balaban J connectivity index is 1.91. The Kier molecular flexibility index (Phi) is 6.06. The molecule has 0 aliphatic carbocycles. The van der Waals surface area contributed by atoms with E-state index in [0.29, 0.717) is 0 Å². The van der Waals surface area contributed by atoms with Gasteiger partial charge in [-0.15, -0.1) is 0 Å². The molecular weight excluding hydrogens is 312 g/mol. The fourth-order valence-corrected chi connectivity index (χ4v) is 3.60. The van der Waals surface area contributed by atoms with Crippen molar-refractivity contribution in [1.82, 2.24) is 10.2 Å². The van der Waals surface area contributed by atoms with Crippen molar-refractivity contribution in [1.29, 1.82) is 0 Å². The maximum Gasteiger partial charge on any atom is 0.0244 e. The minimum atomic E-state index is 0.838. The number of nitrogens with one attached hydrogen (secondary N) is 1. The van der Waals surface area contributed by atoms with E-state index < -0.39 is 0 Å². The van der Waals surface area contributed by atoms with Crippen LogP contribution in [-0.4, -0.2) is 25.0 Å². The Morgan fingerprint density at radius 2 is 2.00 bits per heavy atom. The van der Waals surface area contributed by atoms with Gasteiger partial charge in [-0.25, -0.2) is 0 Å². The van der Waals surface area contributed by atoms with E-state index in [1.54, 1.807) is 0 Å². The third-order valence-electron chi connectivity index (χ3n) is 4.47. The monoisotopic (exact) mass is 338 g/mol. The summed E-state index contributed by atoms with van der Waals surface area (Å²) in [6.07, 6.45) is 2.71. The van der Waals surface area contributed by atoms with Crippen molar-refractivity contribution in [3.05, 3.63) is 33.8 Å². The maximum absolute atomic E-state index is 3.72. The Bertz CT molecular complexity index is 423. The minimum absolute atomic E-state index is 0.838. The van der Waals surface area contributed by atoms with Gasteiger partial charge < -0.3 is 5.32 Å². The number of benzene rings is 1. The van der Waals surface area contributed by atoms with E-state index in [1.165, 1.54) is 41.5 Å². The summed E-state index contributed by atoms with van der Waals surface area (Å²) in [6.45, 7) is 9.21. The summed E-state index contributed by atoms with van der Waals surface area (Å²) < 4.78 is 1.25. The molecule has 0 atom stereocenters. The highest BCUT2D eigenvalue weighted by molar-refractivity contribution is 9.10. The third-order valence-corrected chi connectivity index (χ3v) is 5.21. The fourth-order valence-electron chi connectivity index (χ4n) is 3.05. The van der Waals surface area contributed by atoms with Gasteiger partial charge >= 0.3 is 0 Å². The van der Waals surface area contributed by atoms with Crippen LogP contribution in [0.15, 0.2) is 22.7 Å². The zero-order chi connectivity index (χ0) is 14.5. The lowest BCUT2D eigenvalue weighted by Gasteiger charge is -2.34. The van der Waals surface area contributed by atoms with Crippen LogP contribution < -0.4 is 5.32 Å². The van der Waals surface area contributed by atoms with Gasteiger partial charge in [0.1, 0.15) is 0 Å². The maximum atomic E-state index is 3.72. The number of hydrogen-bond donors (Lipinski definition) is 1. The van der Waals surface area contributed by atoms with Gasteiger partial charge in [0.15, 0.2) is 0 Å². The molecule has 0 spiro atoms. The topological polar surface area (TPSA) is 15.3 Å². The molecule has 1 N–H and O–H groups in total. The zero-order valence-electron chi connectivity index (χ0n) is 13.0. The van der Waals surface area contributed by atoms with E-state index in [1.807, 2.05) is 7.05 Å². The second-order valence-electron chi connectivity index (χ2n) is 6.31. The second-order valence-corrected chi connectivity index (χ2v) is 7.17.